The van der Waals surface area contributed by atoms with Crippen LogP contribution in [-0.4, -0.2) is 38.5 Å². The van der Waals surface area contributed by atoms with Crippen molar-refractivity contribution in [2.75, 3.05) is 31.2 Å². The molecule has 0 amide bonds. The summed E-state index contributed by atoms with van der Waals surface area (Å²) in [5.41, 5.74) is 1.23. The van der Waals surface area contributed by atoms with Gasteiger partial charge in [-0.1, -0.05) is 12.1 Å². The molecular formula is C12H14BrNO2. The van der Waals surface area contributed by atoms with Crippen LogP contribution in [0.4, 0.5) is 5.69 Å². The minimum absolute atomic E-state index is 0.408. The van der Waals surface area contributed by atoms with Gasteiger partial charge in [0.2, 0.25) is 0 Å². The predicted octanol–water partition coefficient (Wildman–Crippen LogP) is 2.05. The number of hydrogen-bond acceptors (Lipinski definition) is 3. The lowest BCUT2D eigenvalue weighted by molar-refractivity contribution is 0.389. The van der Waals surface area contributed by atoms with Gasteiger partial charge in [-0.3, -0.25) is 0 Å². The number of benzene rings is 1. The van der Waals surface area contributed by atoms with E-state index in [1.54, 1.807) is 0 Å². The van der Waals surface area contributed by atoms with E-state index in [1.165, 1.54) is 5.69 Å². The fraction of sp³-hybridized carbons (Fsp3) is 0.500. The summed E-state index contributed by atoms with van der Waals surface area (Å²) in [4.78, 5) is 2.35. The minimum Gasteiger partial charge on any atom is -0.371 e. The van der Waals surface area contributed by atoms with Gasteiger partial charge in [0.25, 0.3) is 0 Å². The zero-order chi connectivity index (χ0) is 11.0. The van der Waals surface area contributed by atoms with E-state index >= 15 is 0 Å². The average Bonchev–Trinajstić information content (AvgIpc) is 3.12. The lowest BCUT2D eigenvalue weighted by atomic mass is 10.2. The highest BCUT2D eigenvalue weighted by Gasteiger charge is 2.31. The molecule has 2 fully saturated rings. The molecule has 2 heterocycles. The second kappa shape index (κ2) is 4.35. The molecule has 2 atom stereocenters. The normalized spacial score (nSPS) is 26.6. The molecule has 0 radical (unpaired) electrons. The fourth-order valence-electron chi connectivity index (χ4n) is 1.82. The van der Waals surface area contributed by atoms with E-state index in [0.29, 0.717) is 12.2 Å². The van der Waals surface area contributed by atoms with Crippen LogP contribution in [0.15, 0.2) is 28.7 Å². The van der Waals surface area contributed by atoms with Crippen molar-refractivity contribution in [1.82, 2.24) is 0 Å². The highest BCUT2D eigenvalue weighted by molar-refractivity contribution is 9.10. The van der Waals surface area contributed by atoms with Crippen molar-refractivity contribution in [3.05, 3.63) is 28.7 Å². The highest BCUT2D eigenvalue weighted by Crippen LogP contribution is 2.29. The highest BCUT2D eigenvalue weighted by atomic mass is 79.9. The van der Waals surface area contributed by atoms with Crippen molar-refractivity contribution in [3.63, 3.8) is 0 Å². The summed E-state index contributed by atoms with van der Waals surface area (Å²) < 4.78 is 11.7. The number of anilines is 1. The SMILES string of the molecule is Brc1ccccc1N(CC1CO1)CC1CO1. The van der Waals surface area contributed by atoms with Crippen molar-refractivity contribution in [3.8, 4) is 0 Å². The van der Waals surface area contributed by atoms with Crippen LogP contribution < -0.4 is 4.90 Å². The topological polar surface area (TPSA) is 28.3 Å². The van der Waals surface area contributed by atoms with E-state index in [9.17, 15) is 0 Å². The van der Waals surface area contributed by atoms with Crippen LogP contribution in [0.3, 0.4) is 0 Å². The van der Waals surface area contributed by atoms with E-state index in [-0.39, 0.29) is 0 Å². The van der Waals surface area contributed by atoms with Gasteiger partial charge in [0.05, 0.1) is 31.1 Å². The first-order chi connectivity index (χ1) is 7.83. The predicted molar refractivity (Wildman–Crippen MR) is 65.8 cm³/mol. The van der Waals surface area contributed by atoms with Crippen molar-refractivity contribution in [2.45, 2.75) is 12.2 Å². The molecular weight excluding hydrogens is 270 g/mol. The first-order valence-corrected chi connectivity index (χ1v) is 6.35. The quantitative estimate of drug-likeness (QED) is 0.775. The van der Waals surface area contributed by atoms with Crippen LogP contribution in [0, 0.1) is 0 Å². The van der Waals surface area contributed by atoms with Crippen molar-refractivity contribution in [1.29, 1.82) is 0 Å². The lowest BCUT2D eigenvalue weighted by Gasteiger charge is -2.24. The Hall–Kier alpha value is -0.580. The van der Waals surface area contributed by atoms with E-state index in [2.05, 4.69) is 39.0 Å². The van der Waals surface area contributed by atoms with Gasteiger partial charge in [-0.25, -0.2) is 0 Å². The third kappa shape index (κ3) is 2.56. The standard InChI is InChI=1S/C12H14BrNO2/c13-11-3-1-2-4-12(11)14(5-9-7-15-9)6-10-8-16-10/h1-4,9-10H,5-8H2. The Morgan fingerprint density at radius 2 is 1.69 bits per heavy atom. The number of epoxide rings is 2. The third-order valence-corrected chi connectivity index (χ3v) is 3.52. The maximum Gasteiger partial charge on any atom is 0.0984 e. The monoisotopic (exact) mass is 283 g/mol. The minimum atomic E-state index is 0.408. The molecule has 0 N–H and O–H groups in total. The lowest BCUT2D eigenvalue weighted by Crippen LogP contribution is -2.31. The van der Waals surface area contributed by atoms with Gasteiger partial charge in [0.15, 0.2) is 0 Å². The first-order valence-electron chi connectivity index (χ1n) is 5.55. The van der Waals surface area contributed by atoms with E-state index < -0.39 is 0 Å². The second-order valence-corrected chi connectivity index (χ2v) is 5.12. The largest absolute Gasteiger partial charge is 0.371 e. The van der Waals surface area contributed by atoms with Gasteiger partial charge in [-0.2, -0.15) is 0 Å². The second-order valence-electron chi connectivity index (χ2n) is 4.27. The summed E-state index contributed by atoms with van der Waals surface area (Å²) >= 11 is 3.59. The fourth-order valence-corrected chi connectivity index (χ4v) is 2.35. The molecule has 2 aliphatic rings. The molecule has 1 aromatic rings. The molecule has 4 heteroatoms. The Labute approximate surface area is 103 Å². The van der Waals surface area contributed by atoms with Crippen LogP contribution >= 0.6 is 15.9 Å². The third-order valence-electron chi connectivity index (χ3n) is 2.85. The zero-order valence-corrected chi connectivity index (χ0v) is 10.5. The van der Waals surface area contributed by atoms with E-state index in [4.69, 9.17) is 9.47 Å². The molecule has 2 unspecified atom stereocenters. The van der Waals surface area contributed by atoms with E-state index in [1.807, 2.05) is 6.07 Å². The maximum absolute atomic E-state index is 5.30. The number of ether oxygens (including phenoxy) is 2. The molecule has 2 aliphatic heterocycles. The molecule has 3 rings (SSSR count). The summed E-state index contributed by atoms with van der Waals surface area (Å²) in [6.45, 7) is 3.71. The Kier molecular flexibility index (Phi) is 2.88. The van der Waals surface area contributed by atoms with Crippen LogP contribution in [0.1, 0.15) is 0 Å². The molecule has 16 heavy (non-hydrogen) atoms. The smallest absolute Gasteiger partial charge is 0.0984 e. The molecule has 0 spiro atoms. The van der Waals surface area contributed by atoms with Gasteiger partial charge < -0.3 is 14.4 Å². The number of para-hydroxylation sites is 1. The molecule has 86 valence electrons. The maximum atomic E-state index is 5.30. The Morgan fingerprint density at radius 1 is 1.12 bits per heavy atom. The first kappa shape index (κ1) is 10.6. The van der Waals surface area contributed by atoms with E-state index in [0.717, 1.165) is 30.8 Å². The Morgan fingerprint density at radius 3 is 2.19 bits per heavy atom. The molecule has 0 aliphatic carbocycles. The molecule has 0 saturated carbocycles. The zero-order valence-electron chi connectivity index (χ0n) is 8.93. The van der Waals surface area contributed by atoms with Gasteiger partial charge in [-0.15, -0.1) is 0 Å². The summed E-state index contributed by atoms with van der Waals surface area (Å²) in [5, 5.41) is 0. The van der Waals surface area contributed by atoms with Crippen LogP contribution in [0.25, 0.3) is 0 Å². The van der Waals surface area contributed by atoms with Crippen molar-refractivity contribution < 1.29 is 9.47 Å². The Balaban J connectivity index is 1.76. The van der Waals surface area contributed by atoms with Gasteiger partial charge >= 0.3 is 0 Å². The van der Waals surface area contributed by atoms with Crippen LogP contribution in [0.5, 0.6) is 0 Å². The molecule has 0 aromatic heterocycles. The summed E-state index contributed by atoms with van der Waals surface area (Å²) in [5.74, 6) is 0. The number of hydrogen-bond donors (Lipinski definition) is 0. The van der Waals surface area contributed by atoms with Crippen LogP contribution in [0.2, 0.25) is 0 Å². The number of rotatable bonds is 5. The summed E-state index contributed by atoms with van der Waals surface area (Å²) in [6, 6.07) is 8.31. The van der Waals surface area contributed by atoms with Gasteiger partial charge in [-0.05, 0) is 28.1 Å². The average molecular weight is 284 g/mol. The summed E-state index contributed by atoms with van der Waals surface area (Å²) in [7, 11) is 0. The Bertz CT molecular complexity index is 363. The van der Waals surface area contributed by atoms with Crippen molar-refractivity contribution >= 4 is 21.6 Å². The number of nitrogens with zero attached hydrogens (tertiary/aromatic N) is 1. The summed E-state index contributed by atoms with van der Waals surface area (Å²) in [6.07, 6.45) is 0.816. The molecule has 2 saturated heterocycles. The number of halogens is 1. The molecule has 1 aromatic carbocycles. The van der Waals surface area contributed by atoms with Gasteiger partial charge in [0.1, 0.15) is 0 Å². The molecule has 0 bridgehead atoms. The van der Waals surface area contributed by atoms with Crippen molar-refractivity contribution in [2.24, 2.45) is 0 Å². The van der Waals surface area contributed by atoms with Crippen LogP contribution in [-0.2, 0) is 9.47 Å². The molecule has 3 nitrogen and oxygen atoms in total. The van der Waals surface area contributed by atoms with Gasteiger partial charge in [0, 0.05) is 17.6 Å².